The number of hydrogen-bond donors (Lipinski definition) is 0. The summed E-state index contributed by atoms with van der Waals surface area (Å²) < 4.78 is 28.2. The third-order valence-corrected chi connectivity index (χ3v) is 3.89. The van der Waals surface area contributed by atoms with E-state index in [1.807, 2.05) is 19.1 Å². The first kappa shape index (κ1) is 15.7. The van der Waals surface area contributed by atoms with E-state index in [-0.39, 0.29) is 11.4 Å². The van der Waals surface area contributed by atoms with E-state index in [0.29, 0.717) is 21.9 Å². The van der Waals surface area contributed by atoms with E-state index < -0.39 is 5.82 Å². The lowest BCUT2D eigenvalue weighted by Crippen LogP contribution is -1.89. The van der Waals surface area contributed by atoms with Gasteiger partial charge in [-0.05, 0) is 36.2 Å². The highest BCUT2D eigenvalue weighted by atomic mass is 19.1. The standard InChI is InChI=1S/C21H13F2N/c1-2-14-6-7-16(20(22)12-14)9-8-15-4-3-5-19-18(15)11-10-17(13-24)21(19)23/h3-7,10-12H,2H2,1H3. The Balaban J connectivity index is 2.10. The van der Waals surface area contributed by atoms with Gasteiger partial charge >= 0.3 is 0 Å². The van der Waals surface area contributed by atoms with Gasteiger partial charge in [0.25, 0.3) is 0 Å². The number of benzene rings is 3. The summed E-state index contributed by atoms with van der Waals surface area (Å²) in [5.74, 6) is 4.80. The lowest BCUT2D eigenvalue weighted by molar-refractivity contribution is 0.622. The Kier molecular flexibility index (Phi) is 4.27. The van der Waals surface area contributed by atoms with Crippen LogP contribution in [0.1, 0.15) is 29.2 Å². The molecule has 0 spiro atoms. The number of halogens is 2. The van der Waals surface area contributed by atoms with Crippen molar-refractivity contribution < 1.29 is 8.78 Å². The Morgan fingerprint density at radius 1 is 0.875 bits per heavy atom. The molecule has 0 aliphatic heterocycles. The fourth-order valence-electron chi connectivity index (χ4n) is 2.53. The van der Waals surface area contributed by atoms with Crippen LogP contribution < -0.4 is 0 Å². The van der Waals surface area contributed by atoms with E-state index in [4.69, 9.17) is 5.26 Å². The van der Waals surface area contributed by atoms with Gasteiger partial charge in [-0.25, -0.2) is 8.78 Å². The summed E-state index contributed by atoms with van der Waals surface area (Å²) in [5, 5.41) is 9.85. The van der Waals surface area contributed by atoms with E-state index in [1.54, 1.807) is 30.3 Å². The molecule has 0 amide bonds. The Morgan fingerprint density at radius 3 is 2.33 bits per heavy atom. The number of nitriles is 1. The average Bonchev–Trinajstić information content (AvgIpc) is 2.61. The van der Waals surface area contributed by atoms with Gasteiger partial charge in [-0.2, -0.15) is 5.26 Å². The molecule has 3 heteroatoms. The van der Waals surface area contributed by atoms with Gasteiger partial charge in [-0.3, -0.25) is 0 Å². The van der Waals surface area contributed by atoms with Crippen LogP contribution in [0, 0.1) is 34.8 Å². The van der Waals surface area contributed by atoms with Gasteiger partial charge < -0.3 is 0 Å². The van der Waals surface area contributed by atoms with Gasteiger partial charge in [-0.15, -0.1) is 0 Å². The molecule has 1 nitrogen and oxygen atoms in total. The second-order valence-electron chi connectivity index (χ2n) is 5.36. The first-order chi connectivity index (χ1) is 11.6. The van der Waals surface area contributed by atoms with Crippen molar-refractivity contribution in [3.8, 4) is 17.9 Å². The number of rotatable bonds is 1. The van der Waals surface area contributed by atoms with Crippen molar-refractivity contribution in [3.05, 3.63) is 82.4 Å². The minimum Gasteiger partial charge on any atom is -0.206 e. The molecule has 0 saturated carbocycles. The number of fused-ring (bicyclic) bond motifs is 1. The number of hydrogen-bond acceptors (Lipinski definition) is 1. The SMILES string of the molecule is CCc1ccc(C#Cc2cccc3c(F)c(C#N)ccc23)c(F)c1. The topological polar surface area (TPSA) is 23.8 Å². The lowest BCUT2D eigenvalue weighted by atomic mass is 10.0. The molecular weight excluding hydrogens is 304 g/mol. The molecule has 3 rings (SSSR count). The van der Waals surface area contributed by atoms with Crippen molar-refractivity contribution in [1.29, 1.82) is 5.26 Å². The van der Waals surface area contributed by atoms with Crippen LogP contribution in [-0.4, -0.2) is 0 Å². The first-order valence-electron chi connectivity index (χ1n) is 7.55. The summed E-state index contributed by atoms with van der Waals surface area (Å²) in [6, 6.07) is 14.9. The van der Waals surface area contributed by atoms with Crippen molar-refractivity contribution in [2.45, 2.75) is 13.3 Å². The largest absolute Gasteiger partial charge is 0.206 e. The number of aryl methyl sites for hydroxylation is 1. The molecule has 0 aliphatic rings. The zero-order chi connectivity index (χ0) is 17.1. The molecule has 24 heavy (non-hydrogen) atoms. The molecule has 0 saturated heterocycles. The second-order valence-corrected chi connectivity index (χ2v) is 5.36. The summed E-state index contributed by atoms with van der Waals surface area (Å²) in [6.07, 6.45) is 0.758. The monoisotopic (exact) mass is 317 g/mol. The molecule has 0 bridgehead atoms. The Labute approximate surface area is 139 Å². The Hall–Kier alpha value is -3.17. The smallest absolute Gasteiger partial charge is 0.148 e. The van der Waals surface area contributed by atoms with Crippen LogP contribution in [0.4, 0.5) is 8.78 Å². The molecule has 116 valence electrons. The number of nitrogens with zero attached hydrogens (tertiary/aromatic N) is 1. The van der Waals surface area contributed by atoms with Gasteiger partial charge in [0.2, 0.25) is 0 Å². The fraction of sp³-hybridized carbons (Fsp3) is 0.0952. The van der Waals surface area contributed by atoms with Crippen molar-refractivity contribution >= 4 is 10.8 Å². The highest BCUT2D eigenvalue weighted by Crippen LogP contribution is 2.23. The fourth-order valence-corrected chi connectivity index (χ4v) is 2.53. The maximum absolute atomic E-state index is 14.2. The lowest BCUT2D eigenvalue weighted by Gasteiger charge is -2.03. The van der Waals surface area contributed by atoms with Crippen LogP contribution in [0.2, 0.25) is 0 Å². The van der Waals surface area contributed by atoms with Gasteiger partial charge in [0.1, 0.15) is 17.7 Å². The first-order valence-corrected chi connectivity index (χ1v) is 7.55. The van der Waals surface area contributed by atoms with Gasteiger partial charge in [0.05, 0.1) is 11.1 Å². The van der Waals surface area contributed by atoms with Crippen molar-refractivity contribution in [3.63, 3.8) is 0 Å². The van der Waals surface area contributed by atoms with Crippen LogP contribution >= 0.6 is 0 Å². The van der Waals surface area contributed by atoms with Crippen LogP contribution in [0.25, 0.3) is 10.8 Å². The molecule has 0 radical (unpaired) electrons. The average molecular weight is 317 g/mol. The quantitative estimate of drug-likeness (QED) is 0.582. The van der Waals surface area contributed by atoms with Crippen molar-refractivity contribution in [1.82, 2.24) is 0 Å². The van der Waals surface area contributed by atoms with Crippen LogP contribution in [0.3, 0.4) is 0 Å². The maximum Gasteiger partial charge on any atom is 0.148 e. The molecule has 0 N–H and O–H groups in total. The maximum atomic E-state index is 14.2. The van der Waals surface area contributed by atoms with Gasteiger partial charge in [0.15, 0.2) is 0 Å². The second kappa shape index (κ2) is 6.52. The van der Waals surface area contributed by atoms with E-state index in [1.165, 1.54) is 12.1 Å². The summed E-state index contributed by atoms with van der Waals surface area (Å²) in [4.78, 5) is 0. The van der Waals surface area contributed by atoms with Gasteiger partial charge in [0, 0.05) is 16.3 Å². The normalized spacial score (nSPS) is 10.1. The van der Waals surface area contributed by atoms with E-state index >= 15 is 0 Å². The summed E-state index contributed by atoms with van der Waals surface area (Å²) in [6.45, 7) is 1.96. The molecule has 0 aliphatic carbocycles. The van der Waals surface area contributed by atoms with Crippen molar-refractivity contribution in [2.24, 2.45) is 0 Å². The molecule has 0 fully saturated rings. The third kappa shape index (κ3) is 2.85. The highest BCUT2D eigenvalue weighted by Gasteiger charge is 2.08. The van der Waals surface area contributed by atoms with Crippen molar-refractivity contribution in [2.75, 3.05) is 0 Å². The van der Waals surface area contributed by atoms with E-state index in [0.717, 1.165) is 12.0 Å². The molecule has 0 heterocycles. The molecule has 0 unspecified atom stereocenters. The van der Waals surface area contributed by atoms with Gasteiger partial charge in [-0.1, -0.05) is 43.0 Å². The summed E-state index contributed by atoms with van der Waals surface area (Å²) in [7, 11) is 0. The zero-order valence-corrected chi connectivity index (χ0v) is 13.0. The Bertz CT molecular complexity index is 1030. The van der Waals surface area contributed by atoms with Crippen LogP contribution in [-0.2, 0) is 6.42 Å². The zero-order valence-electron chi connectivity index (χ0n) is 13.0. The predicted molar refractivity (Wildman–Crippen MR) is 90.4 cm³/mol. The Morgan fingerprint density at radius 2 is 1.62 bits per heavy atom. The molecule has 3 aromatic rings. The minimum absolute atomic E-state index is 0.00573. The predicted octanol–water partition coefficient (Wildman–Crippen LogP) is 4.95. The summed E-state index contributed by atoms with van der Waals surface area (Å²) in [5.41, 5.74) is 1.80. The third-order valence-electron chi connectivity index (χ3n) is 3.89. The summed E-state index contributed by atoms with van der Waals surface area (Å²) >= 11 is 0. The van der Waals surface area contributed by atoms with Crippen LogP contribution in [0.15, 0.2) is 48.5 Å². The van der Waals surface area contributed by atoms with E-state index in [2.05, 4.69) is 11.8 Å². The molecule has 3 aromatic carbocycles. The minimum atomic E-state index is -0.558. The van der Waals surface area contributed by atoms with E-state index in [9.17, 15) is 8.78 Å². The van der Waals surface area contributed by atoms with Crippen LogP contribution in [0.5, 0.6) is 0 Å². The molecule has 0 aromatic heterocycles. The molecule has 0 atom stereocenters. The molecular formula is C21H13F2N. The highest BCUT2D eigenvalue weighted by molar-refractivity contribution is 5.90.